The van der Waals surface area contributed by atoms with Crippen LogP contribution in [0.4, 0.5) is 4.79 Å². The topological polar surface area (TPSA) is 46.6 Å². The molecule has 4 heteroatoms. The maximum Gasteiger partial charge on any atom is 0.410 e. The molecule has 122 valence electrons. The molecule has 2 atom stereocenters. The zero-order chi connectivity index (χ0) is 16.4. The smallest absolute Gasteiger partial charge is 0.410 e. The summed E-state index contributed by atoms with van der Waals surface area (Å²) in [5.74, 6) is 0.169. The summed E-state index contributed by atoms with van der Waals surface area (Å²) in [5, 5.41) is 0. The first-order valence-corrected chi connectivity index (χ1v) is 8.25. The van der Waals surface area contributed by atoms with Crippen LogP contribution in [0.25, 0.3) is 0 Å². The van der Waals surface area contributed by atoms with Gasteiger partial charge in [0.1, 0.15) is 6.61 Å². The maximum absolute atomic E-state index is 12.4. The SMILES string of the molecule is C=C(C)C(=O)C1CC2CCC(C1)N2C(=O)OCc1ccccc1. The van der Waals surface area contributed by atoms with E-state index in [9.17, 15) is 9.59 Å². The van der Waals surface area contributed by atoms with E-state index in [-0.39, 0.29) is 29.9 Å². The second-order valence-electron chi connectivity index (χ2n) is 6.65. The van der Waals surface area contributed by atoms with Crippen LogP contribution in [-0.4, -0.2) is 28.9 Å². The number of ketones is 1. The number of rotatable bonds is 4. The number of ether oxygens (including phenoxy) is 1. The fraction of sp³-hybridized carbons (Fsp3) is 0.474. The number of carbonyl (C=O) groups excluding carboxylic acids is 2. The first-order valence-electron chi connectivity index (χ1n) is 8.25. The van der Waals surface area contributed by atoms with Crippen LogP contribution in [0.1, 0.15) is 38.2 Å². The normalized spacial score (nSPS) is 26.0. The molecule has 2 saturated heterocycles. The molecule has 23 heavy (non-hydrogen) atoms. The first kappa shape index (κ1) is 15.8. The van der Waals surface area contributed by atoms with E-state index in [0.29, 0.717) is 12.2 Å². The highest BCUT2D eigenvalue weighted by atomic mass is 16.6. The molecule has 0 aliphatic carbocycles. The van der Waals surface area contributed by atoms with Crippen LogP contribution in [0.15, 0.2) is 42.5 Å². The Labute approximate surface area is 137 Å². The van der Waals surface area contributed by atoms with Crippen LogP contribution in [-0.2, 0) is 16.1 Å². The van der Waals surface area contributed by atoms with Gasteiger partial charge in [-0.2, -0.15) is 0 Å². The van der Waals surface area contributed by atoms with Gasteiger partial charge < -0.3 is 9.64 Å². The number of benzene rings is 1. The quantitative estimate of drug-likeness (QED) is 0.796. The van der Waals surface area contributed by atoms with Crippen molar-refractivity contribution < 1.29 is 14.3 Å². The lowest BCUT2D eigenvalue weighted by Crippen LogP contribution is -2.48. The van der Waals surface area contributed by atoms with Gasteiger partial charge in [0.15, 0.2) is 5.78 Å². The molecule has 0 N–H and O–H groups in total. The van der Waals surface area contributed by atoms with Gasteiger partial charge in [-0.1, -0.05) is 36.9 Å². The molecule has 2 bridgehead atoms. The van der Waals surface area contributed by atoms with Crippen molar-refractivity contribution in [1.29, 1.82) is 0 Å². The molecule has 2 fully saturated rings. The molecule has 2 heterocycles. The molecule has 2 aliphatic rings. The predicted molar refractivity (Wildman–Crippen MR) is 87.8 cm³/mol. The third kappa shape index (κ3) is 3.31. The van der Waals surface area contributed by atoms with Crippen molar-refractivity contribution in [2.24, 2.45) is 5.92 Å². The van der Waals surface area contributed by atoms with Gasteiger partial charge in [-0.05, 0) is 43.7 Å². The molecular weight excluding hydrogens is 290 g/mol. The Kier molecular flexibility index (Phi) is 4.51. The maximum atomic E-state index is 12.4. The van der Waals surface area contributed by atoms with Crippen LogP contribution in [0.2, 0.25) is 0 Å². The summed E-state index contributed by atoms with van der Waals surface area (Å²) in [7, 11) is 0. The summed E-state index contributed by atoms with van der Waals surface area (Å²) >= 11 is 0. The van der Waals surface area contributed by atoms with Crippen LogP contribution >= 0.6 is 0 Å². The predicted octanol–water partition coefficient (Wildman–Crippen LogP) is 3.71. The molecule has 2 aliphatic heterocycles. The van der Waals surface area contributed by atoms with Crippen molar-refractivity contribution in [1.82, 2.24) is 4.90 Å². The van der Waals surface area contributed by atoms with Crippen molar-refractivity contribution in [3.63, 3.8) is 0 Å². The summed E-state index contributed by atoms with van der Waals surface area (Å²) in [5.41, 5.74) is 1.61. The third-order valence-corrected chi connectivity index (χ3v) is 4.94. The van der Waals surface area contributed by atoms with E-state index in [1.54, 1.807) is 6.92 Å². The Balaban J connectivity index is 1.60. The van der Waals surface area contributed by atoms with Crippen molar-refractivity contribution in [3.8, 4) is 0 Å². The van der Waals surface area contributed by atoms with E-state index in [1.807, 2.05) is 35.2 Å². The van der Waals surface area contributed by atoms with Crippen LogP contribution in [0, 0.1) is 5.92 Å². The van der Waals surface area contributed by atoms with Crippen molar-refractivity contribution >= 4 is 11.9 Å². The molecule has 0 aromatic heterocycles. The highest BCUT2D eigenvalue weighted by Crippen LogP contribution is 2.40. The van der Waals surface area contributed by atoms with Crippen LogP contribution in [0.3, 0.4) is 0 Å². The van der Waals surface area contributed by atoms with E-state index in [2.05, 4.69) is 6.58 Å². The average molecular weight is 313 g/mol. The average Bonchev–Trinajstić information content (AvgIpc) is 2.82. The number of hydrogen-bond acceptors (Lipinski definition) is 3. The minimum atomic E-state index is -0.248. The molecule has 1 amide bonds. The lowest BCUT2D eigenvalue weighted by Gasteiger charge is -2.37. The fourth-order valence-corrected chi connectivity index (χ4v) is 3.83. The number of allylic oxidation sites excluding steroid dienone is 1. The lowest BCUT2D eigenvalue weighted by molar-refractivity contribution is -0.121. The molecule has 0 radical (unpaired) electrons. The summed E-state index contributed by atoms with van der Waals surface area (Å²) in [6.07, 6.45) is 3.16. The highest BCUT2D eigenvalue weighted by Gasteiger charge is 2.45. The highest BCUT2D eigenvalue weighted by molar-refractivity contribution is 5.96. The number of fused-ring (bicyclic) bond motifs is 2. The van der Waals surface area contributed by atoms with Gasteiger partial charge in [0.05, 0.1) is 0 Å². The minimum absolute atomic E-state index is 0.0168. The Morgan fingerprint density at radius 3 is 2.35 bits per heavy atom. The van der Waals surface area contributed by atoms with Gasteiger partial charge >= 0.3 is 6.09 Å². The molecule has 0 saturated carbocycles. The van der Waals surface area contributed by atoms with Crippen molar-refractivity contribution in [2.45, 2.75) is 51.3 Å². The van der Waals surface area contributed by atoms with Gasteiger partial charge in [0, 0.05) is 18.0 Å². The number of hydrogen-bond donors (Lipinski definition) is 0. The van der Waals surface area contributed by atoms with E-state index in [0.717, 1.165) is 31.2 Å². The molecule has 1 aromatic rings. The Morgan fingerprint density at radius 2 is 1.78 bits per heavy atom. The second kappa shape index (κ2) is 6.57. The number of carbonyl (C=O) groups is 2. The van der Waals surface area contributed by atoms with Gasteiger partial charge in [-0.25, -0.2) is 4.79 Å². The monoisotopic (exact) mass is 313 g/mol. The molecule has 0 spiro atoms. The molecule has 4 nitrogen and oxygen atoms in total. The first-order chi connectivity index (χ1) is 11.1. The standard InChI is InChI=1S/C19H23NO3/c1-13(2)18(21)15-10-16-8-9-17(11-15)20(16)19(22)23-12-14-6-4-3-5-7-14/h3-7,15-17H,1,8-12H2,2H3. The minimum Gasteiger partial charge on any atom is -0.445 e. The largest absolute Gasteiger partial charge is 0.445 e. The molecule has 1 aromatic carbocycles. The zero-order valence-electron chi connectivity index (χ0n) is 13.5. The Bertz CT molecular complexity index is 596. The Morgan fingerprint density at radius 1 is 1.17 bits per heavy atom. The molecular formula is C19H23NO3. The Hall–Kier alpha value is -2.10. The van der Waals surface area contributed by atoms with E-state index < -0.39 is 0 Å². The number of piperidine rings is 1. The van der Waals surface area contributed by atoms with Crippen LogP contribution in [0.5, 0.6) is 0 Å². The van der Waals surface area contributed by atoms with Gasteiger partial charge in [0.2, 0.25) is 0 Å². The summed E-state index contributed by atoms with van der Waals surface area (Å²) < 4.78 is 5.48. The fourth-order valence-electron chi connectivity index (χ4n) is 3.83. The third-order valence-electron chi connectivity index (χ3n) is 4.94. The van der Waals surface area contributed by atoms with E-state index in [4.69, 9.17) is 4.74 Å². The molecule has 2 unspecified atom stereocenters. The summed E-state index contributed by atoms with van der Waals surface area (Å²) in [6, 6.07) is 9.95. The van der Waals surface area contributed by atoms with Crippen molar-refractivity contribution in [2.75, 3.05) is 0 Å². The second-order valence-corrected chi connectivity index (χ2v) is 6.65. The number of Topliss-reactive ketones (excluding diaryl/α,β-unsaturated/α-hetero) is 1. The van der Waals surface area contributed by atoms with Gasteiger partial charge in [-0.3, -0.25) is 4.79 Å². The summed E-state index contributed by atoms with van der Waals surface area (Å²) in [4.78, 5) is 26.5. The summed E-state index contributed by atoms with van der Waals surface area (Å²) in [6.45, 7) is 5.83. The van der Waals surface area contributed by atoms with Gasteiger partial charge in [0.25, 0.3) is 0 Å². The zero-order valence-corrected chi connectivity index (χ0v) is 13.5. The number of amides is 1. The van der Waals surface area contributed by atoms with Crippen molar-refractivity contribution in [3.05, 3.63) is 48.0 Å². The van der Waals surface area contributed by atoms with Crippen LogP contribution < -0.4 is 0 Å². The van der Waals surface area contributed by atoms with E-state index >= 15 is 0 Å². The van der Waals surface area contributed by atoms with E-state index in [1.165, 1.54) is 0 Å². The number of nitrogens with zero attached hydrogens (tertiary/aromatic N) is 1. The lowest BCUT2D eigenvalue weighted by atomic mass is 9.85. The van der Waals surface area contributed by atoms with Gasteiger partial charge in [-0.15, -0.1) is 0 Å². The molecule has 3 rings (SSSR count).